The average Bonchev–Trinajstić information content (AvgIpc) is 3.65. The molecule has 8 aromatic rings. The first-order valence-corrected chi connectivity index (χ1v) is 19.6. The van der Waals surface area contributed by atoms with Gasteiger partial charge in [-0.2, -0.15) is 0 Å². The topological polar surface area (TPSA) is 16.4 Å². The Morgan fingerprint density at radius 1 is 0.491 bits per heavy atom. The van der Waals surface area contributed by atoms with E-state index in [0.29, 0.717) is 0 Å². The molecule has 9 rings (SSSR count). The monoisotopic (exact) mass is 715 g/mol. The van der Waals surface area contributed by atoms with E-state index >= 15 is 0 Å². The van der Waals surface area contributed by atoms with E-state index in [-0.39, 0.29) is 16.2 Å². The lowest BCUT2D eigenvalue weighted by Gasteiger charge is -2.32. The van der Waals surface area contributed by atoms with Crippen molar-refractivity contribution in [3.8, 4) is 33.4 Å². The molecule has 2 heteroatoms. The summed E-state index contributed by atoms with van der Waals surface area (Å²) in [7, 11) is 0. The van der Waals surface area contributed by atoms with Crippen molar-refractivity contribution in [2.24, 2.45) is 0 Å². The number of furan rings is 1. The van der Waals surface area contributed by atoms with Gasteiger partial charge in [-0.25, -0.2) is 0 Å². The summed E-state index contributed by atoms with van der Waals surface area (Å²) in [5.74, 6) is 0. The van der Waals surface area contributed by atoms with Crippen molar-refractivity contribution in [3.63, 3.8) is 0 Å². The summed E-state index contributed by atoms with van der Waals surface area (Å²) in [6, 6.07) is 55.6. The van der Waals surface area contributed by atoms with Gasteiger partial charge in [0.1, 0.15) is 11.2 Å². The maximum Gasteiger partial charge on any atom is 0.139 e. The van der Waals surface area contributed by atoms with E-state index in [1.165, 1.54) is 72.1 Å². The van der Waals surface area contributed by atoms with E-state index in [1.807, 2.05) is 0 Å². The van der Waals surface area contributed by atoms with Crippen molar-refractivity contribution >= 4 is 39.0 Å². The van der Waals surface area contributed by atoms with Crippen LogP contribution in [0.3, 0.4) is 0 Å². The Morgan fingerprint density at radius 3 is 1.56 bits per heavy atom. The molecule has 1 aliphatic carbocycles. The molecule has 0 fully saturated rings. The van der Waals surface area contributed by atoms with Crippen LogP contribution in [0, 0.1) is 0 Å². The van der Waals surface area contributed by atoms with Crippen LogP contribution in [0.4, 0.5) is 17.1 Å². The van der Waals surface area contributed by atoms with Crippen molar-refractivity contribution in [3.05, 3.63) is 174 Å². The molecule has 0 spiro atoms. The van der Waals surface area contributed by atoms with Crippen molar-refractivity contribution in [2.45, 2.75) is 71.6 Å². The molecular weight excluding hydrogens is 667 g/mol. The summed E-state index contributed by atoms with van der Waals surface area (Å²) >= 11 is 0. The molecule has 0 saturated carbocycles. The number of benzene rings is 7. The Morgan fingerprint density at radius 2 is 1.04 bits per heavy atom. The maximum atomic E-state index is 6.89. The van der Waals surface area contributed by atoms with Gasteiger partial charge in [-0.15, -0.1) is 0 Å². The van der Waals surface area contributed by atoms with E-state index in [2.05, 4.69) is 212 Å². The van der Waals surface area contributed by atoms with Gasteiger partial charge in [-0.05, 0) is 109 Å². The van der Waals surface area contributed by atoms with Crippen LogP contribution in [0.1, 0.15) is 77.6 Å². The highest BCUT2D eigenvalue weighted by molar-refractivity contribution is 6.09. The lowest BCUT2D eigenvalue weighted by Crippen LogP contribution is -2.20. The quantitative estimate of drug-likeness (QED) is 0.176. The van der Waals surface area contributed by atoms with E-state index in [0.717, 1.165) is 22.5 Å². The van der Waals surface area contributed by atoms with Crippen LogP contribution in [-0.2, 0) is 16.2 Å². The van der Waals surface area contributed by atoms with Gasteiger partial charge in [-0.1, -0.05) is 159 Å². The van der Waals surface area contributed by atoms with E-state index in [4.69, 9.17) is 4.42 Å². The highest BCUT2D eigenvalue weighted by atomic mass is 16.3. The molecular formula is C53H49NO. The SMILES string of the molecule is CC(C)(C)c1cc(C(C)(C)C)c2oc3cc4c(cc3c2c1)C(C)(C)c1c-4cccc1N(c1ccc(-c2ccccc2)cc1)c1ccc(-c2ccccc2)cc1. The third kappa shape index (κ3) is 5.87. The Kier molecular flexibility index (Phi) is 7.99. The van der Waals surface area contributed by atoms with Gasteiger partial charge >= 0.3 is 0 Å². The highest BCUT2D eigenvalue weighted by Crippen LogP contribution is 2.56. The van der Waals surface area contributed by atoms with Gasteiger partial charge in [0.25, 0.3) is 0 Å². The predicted octanol–water partition coefficient (Wildman–Crippen LogP) is 15.3. The molecule has 0 bridgehead atoms. The zero-order valence-electron chi connectivity index (χ0n) is 33.3. The minimum Gasteiger partial charge on any atom is -0.456 e. The molecule has 55 heavy (non-hydrogen) atoms. The van der Waals surface area contributed by atoms with Gasteiger partial charge in [0, 0.05) is 33.1 Å². The maximum absolute atomic E-state index is 6.89. The first-order chi connectivity index (χ1) is 26.3. The van der Waals surface area contributed by atoms with Crippen molar-refractivity contribution in [2.75, 3.05) is 4.90 Å². The smallest absolute Gasteiger partial charge is 0.139 e. The zero-order chi connectivity index (χ0) is 38.3. The van der Waals surface area contributed by atoms with E-state index in [1.54, 1.807) is 0 Å². The third-order valence-electron chi connectivity index (χ3n) is 11.7. The summed E-state index contributed by atoms with van der Waals surface area (Å²) in [5, 5.41) is 2.40. The highest BCUT2D eigenvalue weighted by Gasteiger charge is 2.40. The van der Waals surface area contributed by atoms with Crippen LogP contribution < -0.4 is 4.90 Å². The molecule has 1 aromatic heterocycles. The fourth-order valence-electron chi connectivity index (χ4n) is 8.69. The van der Waals surface area contributed by atoms with Crippen molar-refractivity contribution < 1.29 is 4.42 Å². The van der Waals surface area contributed by atoms with Gasteiger partial charge in [0.05, 0.1) is 5.69 Å². The second-order valence-corrected chi connectivity index (χ2v) is 17.9. The molecule has 0 N–H and O–H groups in total. The summed E-state index contributed by atoms with van der Waals surface area (Å²) in [4.78, 5) is 2.45. The van der Waals surface area contributed by atoms with Crippen molar-refractivity contribution in [1.29, 1.82) is 0 Å². The zero-order valence-corrected chi connectivity index (χ0v) is 33.3. The minimum absolute atomic E-state index is 0.0149. The van der Waals surface area contributed by atoms with Gasteiger partial charge in [-0.3, -0.25) is 0 Å². The Balaban J connectivity index is 1.23. The molecule has 1 heterocycles. The van der Waals surface area contributed by atoms with Crippen LogP contribution in [0.5, 0.6) is 0 Å². The summed E-state index contributed by atoms with van der Waals surface area (Å²) in [5.41, 5.74) is 17.7. The molecule has 0 unspecified atom stereocenters. The predicted molar refractivity (Wildman–Crippen MR) is 234 cm³/mol. The average molecular weight is 716 g/mol. The lowest BCUT2D eigenvalue weighted by molar-refractivity contribution is 0.559. The number of fused-ring (bicyclic) bond motifs is 6. The summed E-state index contributed by atoms with van der Waals surface area (Å²) < 4.78 is 6.89. The Labute approximate surface area is 326 Å². The molecule has 0 amide bonds. The van der Waals surface area contributed by atoms with Crippen LogP contribution in [0.25, 0.3) is 55.3 Å². The van der Waals surface area contributed by atoms with Gasteiger partial charge in [0.15, 0.2) is 0 Å². The second kappa shape index (κ2) is 12.6. The van der Waals surface area contributed by atoms with E-state index < -0.39 is 0 Å². The van der Waals surface area contributed by atoms with Crippen LogP contribution in [-0.4, -0.2) is 0 Å². The van der Waals surface area contributed by atoms with Crippen LogP contribution in [0.2, 0.25) is 0 Å². The number of rotatable bonds is 5. The molecule has 1 aliphatic rings. The molecule has 0 atom stereocenters. The van der Waals surface area contributed by atoms with Crippen molar-refractivity contribution in [1.82, 2.24) is 0 Å². The Bertz CT molecular complexity index is 2620. The standard InChI is InChI=1S/C53H49NO/c1-51(2,3)38-30-44-43-32-45-42(33-48(43)55-50(44)46(31-38)52(4,5)6)41-20-15-21-47(49(41)53(45,7)8)54(39-26-22-36(23-27-39)34-16-11-9-12-17-34)40-28-24-37(25-29-40)35-18-13-10-14-19-35/h9-33H,1-8H3. The molecule has 272 valence electrons. The first kappa shape index (κ1) is 34.9. The summed E-state index contributed by atoms with van der Waals surface area (Å²) in [6.07, 6.45) is 0. The fourth-order valence-corrected chi connectivity index (χ4v) is 8.69. The molecule has 0 saturated heterocycles. The minimum atomic E-state index is -0.278. The largest absolute Gasteiger partial charge is 0.456 e. The first-order valence-electron chi connectivity index (χ1n) is 19.6. The van der Waals surface area contributed by atoms with E-state index in [9.17, 15) is 0 Å². The third-order valence-corrected chi connectivity index (χ3v) is 11.7. The van der Waals surface area contributed by atoms with Crippen LogP contribution >= 0.6 is 0 Å². The number of anilines is 3. The Hall–Kier alpha value is -5.86. The molecule has 0 aliphatic heterocycles. The van der Waals surface area contributed by atoms with Crippen LogP contribution in [0.15, 0.2) is 156 Å². The number of hydrogen-bond acceptors (Lipinski definition) is 2. The normalized spacial score (nSPS) is 13.6. The number of hydrogen-bond donors (Lipinski definition) is 0. The molecule has 0 radical (unpaired) electrons. The van der Waals surface area contributed by atoms with Gasteiger partial charge < -0.3 is 9.32 Å². The molecule has 2 nitrogen and oxygen atoms in total. The fraction of sp³-hybridized carbons (Fsp3) is 0.208. The molecule has 7 aromatic carbocycles. The van der Waals surface area contributed by atoms with Gasteiger partial charge in [0.2, 0.25) is 0 Å². The lowest BCUT2D eigenvalue weighted by atomic mass is 9.79. The second-order valence-electron chi connectivity index (χ2n) is 17.9. The number of nitrogens with zero attached hydrogens (tertiary/aromatic N) is 1. The summed E-state index contributed by atoms with van der Waals surface area (Å²) in [6.45, 7) is 18.6.